The van der Waals surface area contributed by atoms with Crippen LogP contribution in [0.4, 0.5) is 0 Å². The zero-order chi connectivity index (χ0) is 23.7. The number of aliphatic hydroxyl groups is 1. The van der Waals surface area contributed by atoms with Crippen LogP contribution in [-0.2, 0) is 16.1 Å². The van der Waals surface area contributed by atoms with Crippen molar-refractivity contribution in [1.82, 2.24) is 4.90 Å². The topological polar surface area (TPSA) is 76.1 Å². The van der Waals surface area contributed by atoms with Gasteiger partial charge in [0.25, 0.3) is 11.7 Å². The minimum atomic E-state index is -0.722. The smallest absolute Gasteiger partial charge is 0.295 e. The lowest BCUT2D eigenvalue weighted by molar-refractivity contribution is -0.140. The van der Waals surface area contributed by atoms with E-state index in [2.05, 4.69) is 0 Å². The molecule has 1 saturated heterocycles. The monoisotopic (exact) mass is 463 g/mol. The highest BCUT2D eigenvalue weighted by Crippen LogP contribution is 2.44. The molecule has 2 aromatic carbocycles. The van der Waals surface area contributed by atoms with Gasteiger partial charge in [0, 0.05) is 10.4 Å². The molecule has 0 aliphatic carbocycles. The zero-order valence-electron chi connectivity index (χ0n) is 18.9. The van der Waals surface area contributed by atoms with Crippen LogP contribution in [0.1, 0.15) is 33.2 Å². The molecule has 3 aromatic rings. The van der Waals surface area contributed by atoms with Crippen molar-refractivity contribution >= 4 is 28.8 Å². The van der Waals surface area contributed by atoms with Crippen LogP contribution in [0.2, 0.25) is 0 Å². The number of para-hydroxylation sites is 1. The van der Waals surface area contributed by atoms with Gasteiger partial charge in [-0.05, 0) is 48.6 Å². The van der Waals surface area contributed by atoms with Crippen molar-refractivity contribution in [3.05, 3.63) is 86.6 Å². The molecule has 33 heavy (non-hydrogen) atoms. The first-order chi connectivity index (χ1) is 15.9. The number of aliphatic hydroxyl groups excluding tert-OH is 1. The van der Waals surface area contributed by atoms with Gasteiger partial charge in [-0.15, -0.1) is 11.3 Å². The molecule has 0 saturated carbocycles. The minimum Gasteiger partial charge on any atom is -0.507 e. The summed E-state index contributed by atoms with van der Waals surface area (Å²) < 4.78 is 11.0. The van der Waals surface area contributed by atoms with Gasteiger partial charge in [-0.3, -0.25) is 9.59 Å². The van der Waals surface area contributed by atoms with E-state index in [1.807, 2.05) is 61.7 Å². The summed E-state index contributed by atoms with van der Waals surface area (Å²) in [4.78, 5) is 28.8. The zero-order valence-corrected chi connectivity index (χ0v) is 19.7. The molecule has 1 aliphatic heterocycles. The Morgan fingerprint density at radius 3 is 2.48 bits per heavy atom. The largest absolute Gasteiger partial charge is 0.507 e. The average Bonchev–Trinajstić information content (AvgIpc) is 3.41. The maximum atomic E-state index is 13.3. The molecule has 0 bridgehead atoms. The van der Waals surface area contributed by atoms with Crippen LogP contribution in [0.25, 0.3) is 5.76 Å². The summed E-state index contributed by atoms with van der Waals surface area (Å²) in [5, 5.41) is 13.3. The molecule has 4 rings (SSSR count). The molecule has 1 aliphatic rings. The Morgan fingerprint density at radius 1 is 1.06 bits per heavy atom. The third kappa shape index (κ3) is 4.00. The van der Waals surface area contributed by atoms with Crippen molar-refractivity contribution in [2.24, 2.45) is 0 Å². The van der Waals surface area contributed by atoms with Gasteiger partial charge in [-0.1, -0.05) is 30.3 Å². The van der Waals surface area contributed by atoms with E-state index in [-0.39, 0.29) is 17.9 Å². The number of rotatable bonds is 6. The number of hydrogen-bond acceptors (Lipinski definition) is 6. The SMILES string of the molecule is COc1ccccc1CN1C(=O)C(=O)/C(=C(\O)c2cc(C)cc(C)c2OC)C1c1cccs1. The first-order valence-corrected chi connectivity index (χ1v) is 11.3. The van der Waals surface area contributed by atoms with E-state index in [0.717, 1.165) is 21.6 Å². The first kappa shape index (κ1) is 22.6. The van der Waals surface area contributed by atoms with Crippen molar-refractivity contribution in [2.45, 2.75) is 26.4 Å². The second-order valence-electron chi connectivity index (χ2n) is 7.92. The maximum absolute atomic E-state index is 13.3. The number of aryl methyl sites for hydroxylation is 2. The number of ether oxygens (including phenoxy) is 2. The van der Waals surface area contributed by atoms with E-state index in [0.29, 0.717) is 17.1 Å². The Hall–Kier alpha value is -3.58. The molecule has 2 heterocycles. The second kappa shape index (κ2) is 9.11. The number of Topliss-reactive ketones (excluding diaryl/α,β-unsaturated/α-hetero) is 1. The molecule has 1 N–H and O–H groups in total. The van der Waals surface area contributed by atoms with Gasteiger partial charge >= 0.3 is 0 Å². The number of benzene rings is 2. The van der Waals surface area contributed by atoms with E-state index < -0.39 is 17.7 Å². The van der Waals surface area contributed by atoms with Gasteiger partial charge in [0.1, 0.15) is 17.3 Å². The number of ketones is 1. The summed E-state index contributed by atoms with van der Waals surface area (Å²) in [6.07, 6.45) is 0. The molecule has 1 unspecified atom stereocenters. The molecule has 1 fully saturated rings. The third-order valence-corrected chi connectivity index (χ3v) is 6.69. The Morgan fingerprint density at radius 2 is 1.82 bits per heavy atom. The fourth-order valence-corrected chi connectivity index (χ4v) is 5.19. The molecule has 1 aromatic heterocycles. The van der Waals surface area contributed by atoms with Crippen LogP contribution in [0, 0.1) is 13.8 Å². The number of amides is 1. The van der Waals surface area contributed by atoms with Gasteiger partial charge in [0.2, 0.25) is 0 Å². The van der Waals surface area contributed by atoms with Crippen LogP contribution < -0.4 is 9.47 Å². The Balaban J connectivity index is 1.90. The van der Waals surface area contributed by atoms with Crippen LogP contribution in [-0.4, -0.2) is 35.9 Å². The normalized spacial score (nSPS) is 17.5. The Labute approximate surface area is 196 Å². The highest BCUT2D eigenvalue weighted by molar-refractivity contribution is 7.10. The van der Waals surface area contributed by atoms with Gasteiger partial charge < -0.3 is 19.5 Å². The number of methoxy groups -OCH3 is 2. The quantitative estimate of drug-likeness (QED) is 0.316. The maximum Gasteiger partial charge on any atom is 0.295 e. The summed E-state index contributed by atoms with van der Waals surface area (Å²) in [6, 6.07) is 14.1. The molecule has 0 spiro atoms. The van der Waals surface area contributed by atoms with E-state index >= 15 is 0 Å². The van der Waals surface area contributed by atoms with Crippen molar-refractivity contribution in [1.29, 1.82) is 0 Å². The second-order valence-corrected chi connectivity index (χ2v) is 8.90. The molecule has 1 amide bonds. The molecular formula is C26H25NO5S. The minimum absolute atomic E-state index is 0.0562. The van der Waals surface area contributed by atoms with E-state index in [4.69, 9.17) is 9.47 Å². The molecule has 1 atom stereocenters. The predicted molar refractivity (Wildman–Crippen MR) is 128 cm³/mol. The Kier molecular flexibility index (Phi) is 6.24. The number of nitrogens with zero attached hydrogens (tertiary/aromatic N) is 1. The molecule has 0 radical (unpaired) electrons. The highest BCUT2D eigenvalue weighted by atomic mass is 32.1. The number of hydrogen-bond donors (Lipinski definition) is 1. The van der Waals surface area contributed by atoms with Gasteiger partial charge in [-0.25, -0.2) is 0 Å². The number of carbonyl (C=O) groups is 2. The first-order valence-electron chi connectivity index (χ1n) is 10.5. The van der Waals surface area contributed by atoms with Crippen LogP contribution in [0.15, 0.2) is 59.5 Å². The highest BCUT2D eigenvalue weighted by Gasteiger charge is 2.47. The van der Waals surface area contributed by atoms with E-state index in [1.165, 1.54) is 23.3 Å². The average molecular weight is 464 g/mol. The van der Waals surface area contributed by atoms with E-state index in [1.54, 1.807) is 13.2 Å². The van der Waals surface area contributed by atoms with Crippen LogP contribution >= 0.6 is 11.3 Å². The van der Waals surface area contributed by atoms with Gasteiger partial charge in [0.05, 0.1) is 37.9 Å². The summed E-state index contributed by atoms with van der Waals surface area (Å²) in [7, 11) is 3.08. The van der Waals surface area contributed by atoms with Crippen molar-refractivity contribution < 1.29 is 24.2 Å². The van der Waals surface area contributed by atoms with E-state index in [9.17, 15) is 14.7 Å². The summed E-state index contributed by atoms with van der Waals surface area (Å²) in [5.41, 5.74) is 2.96. The van der Waals surface area contributed by atoms with Gasteiger partial charge in [0.15, 0.2) is 0 Å². The fourth-order valence-electron chi connectivity index (χ4n) is 4.35. The molecule has 7 heteroatoms. The van der Waals surface area contributed by atoms with Crippen molar-refractivity contribution in [3.8, 4) is 11.5 Å². The summed E-state index contributed by atoms with van der Waals surface area (Å²) in [6.45, 7) is 3.94. The van der Waals surface area contributed by atoms with Crippen molar-refractivity contribution in [2.75, 3.05) is 14.2 Å². The summed E-state index contributed by atoms with van der Waals surface area (Å²) in [5.74, 6) is -0.525. The lowest BCUT2D eigenvalue weighted by Gasteiger charge is -2.25. The fraction of sp³-hybridized carbons (Fsp3) is 0.231. The number of thiophene rings is 1. The third-order valence-electron chi connectivity index (χ3n) is 5.76. The molecule has 170 valence electrons. The summed E-state index contributed by atoms with van der Waals surface area (Å²) >= 11 is 1.43. The van der Waals surface area contributed by atoms with Gasteiger partial charge in [-0.2, -0.15) is 0 Å². The van der Waals surface area contributed by atoms with Crippen LogP contribution in [0.5, 0.6) is 11.5 Å². The lowest BCUT2D eigenvalue weighted by Crippen LogP contribution is -2.29. The number of carbonyl (C=O) groups excluding carboxylic acids is 2. The Bertz CT molecular complexity index is 1250. The predicted octanol–water partition coefficient (Wildman–Crippen LogP) is 5.00. The number of likely N-dealkylation sites (tertiary alicyclic amines) is 1. The van der Waals surface area contributed by atoms with Crippen LogP contribution in [0.3, 0.4) is 0 Å². The standard InChI is InChI=1S/C26H25NO5S/c1-15-12-16(2)25(32-4)18(13-15)23(28)21-22(20-10-7-11-33-20)27(26(30)24(21)29)14-17-8-5-6-9-19(17)31-3/h5-13,22,28H,14H2,1-4H3/b23-21-. The lowest BCUT2D eigenvalue weighted by atomic mass is 9.96. The molecule has 6 nitrogen and oxygen atoms in total. The van der Waals surface area contributed by atoms with Crippen molar-refractivity contribution in [3.63, 3.8) is 0 Å². The molecular weight excluding hydrogens is 438 g/mol.